The van der Waals surface area contributed by atoms with Gasteiger partial charge in [0.1, 0.15) is 12.7 Å². The van der Waals surface area contributed by atoms with Gasteiger partial charge in [-0.2, -0.15) is 5.10 Å². The van der Waals surface area contributed by atoms with E-state index in [9.17, 15) is 14.9 Å². The van der Waals surface area contributed by atoms with Gasteiger partial charge in [0.15, 0.2) is 0 Å². The normalized spacial score (nSPS) is 10.6. The van der Waals surface area contributed by atoms with Crippen LogP contribution in [0.15, 0.2) is 55.1 Å². The minimum absolute atomic E-state index is 0.103. The van der Waals surface area contributed by atoms with Gasteiger partial charge in [0, 0.05) is 37.5 Å². The number of carbonyl (C=O) groups excluding carboxylic acids is 1. The molecule has 9 nitrogen and oxygen atoms in total. The number of non-ortho nitro benzene ring substituents is 1. The van der Waals surface area contributed by atoms with E-state index in [1.165, 1.54) is 18.5 Å². The van der Waals surface area contributed by atoms with E-state index in [1.807, 2.05) is 43.0 Å². The third-order valence-electron chi connectivity index (χ3n) is 4.83. The highest BCUT2D eigenvalue weighted by atomic mass is 16.6. The SMILES string of the molecule is CCN(CC)c1ccc([N+](=O)[O-])cc1C(=O)NCc1ccc(Cn2cncn2)cc1. The average Bonchev–Trinajstić information content (AvgIpc) is 3.27. The topological polar surface area (TPSA) is 106 Å². The van der Waals surface area contributed by atoms with Crippen LogP contribution in [0.25, 0.3) is 0 Å². The fraction of sp³-hybridized carbons (Fsp3) is 0.286. The molecule has 156 valence electrons. The smallest absolute Gasteiger partial charge is 0.270 e. The van der Waals surface area contributed by atoms with Gasteiger partial charge in [0.2, 0.25) is 0 Å². The molecule has 0 fully saturated rings. The van der Waals surface area contributed by atoms with Gasteiger partial charge in [-0.1, -0.05) is 24.3 Å². The van der Waals surface area contributed by atoms with Gasteiger partial charge in [-0.05, 0) is 31.0 Å². The quantitative estimate of drug-likeness (QED) is 0.431. The number of rotatable bonds is 9. The molecular weight excluding hydrogens is 384 g/mol. The number of nitrogens with zero attached hydrogens (tertiary/aromatic N) is 5. The zero-order valence-electron chi connectivity index (χ0n) is 17.0. The van der Waals surface area contributed by atoms with Crippen molar-refractivity contribution in [2.75, 3.05) is 18.0 Å². The van der Waals surface area contributed by atoms with Crippen molar-refractivity contribution < 1.29 is 9.72 Å². The Bertz CT molecular complexity index is 998. The molecule has 3 rings (SSSR count). The summed E-state index contributed by atoms with van der Waals surface area (Å²) in [5.74, 6) is -0.340. The lowest BCUT2D eigenvalue weighted by atomic mass is 10.1. The first-order chi connectivity index (χ1) is 14.5. The summed E-state index contributed by atoms with van der Waals surface area (Å²) >= 11 is 0. The molecule has 0 saturated heterocycles. The molecule has 9 heteroatoms. The lowest BCUT2D eigenvalue weighted by Gasteiger charge is -2.23. The minimum Gasteiger partial charge on any atom is -0.371 e. The molecule has 0 aliphatic heterocycles. The monoisotopic (exact) mass is 408 g/mol. The summed E-state index contributed by atoms with van der Waals surface area (Å²) in [4.78, 5) is 29.4. The lowest BCUT2D eigenvalue weighted by Crippen LogP contribution is -2.28. The molecule has 0 unspecified atom stereocenters. The van der Waals surface area contributed by atoms with Gasteiger partial charge in [-0.25, -0.2) is 9.67 Å². The first-order valence-corrected chi connectivity index (χ1v) is 9.73. The molecule has 0 aliphatic rings. The molecule has 3 aromatic rings. The standard InChI is InChI=1S/C21H24N6O3/c1-3-25(4-2)20-10-9-18(27(29)30)11-19(20)21(28)23-12-16-5-7-17(8-6-16)13-26-15-22-14-24-26/h5-11,14-15H,3-4,12-13H2,1-2H3,(H,23,28). The molecule has 1 heterocycles. The van der Waals surface area contributed by atoms with Crippen LogP contribution >= 0.6 is 0 Å². The zero-order chi connectivity index (χ0) is 21.5. The van der Waals surface area contributed by atoms with Crippen LogP contribution in [0, 0.1) is 10.1 Å². The van der Waals surface area contributed by atoms with Crippen LogP contribution < -0.4 is 10.2 Å². The summed E-state index contributed by atoms with van der Waals surface area (Å²) in [5.41, 5.74) is 2.88. The molecule has 1 N–H and O–H groups in total. The highest BCUT2D eigenvalue weighted by Gasteiger charge is 2.19. The molecular formula is C21H24N6O3. The number of hydrogen-bond donors (Lipinski definition) is 1. The van der Waals surface area contributed by atoms with Crippen LogP contribution in [0.1, 0.15) is 35.3 Å². The number of anilines is 1. The van der Waals surface area contributed by atoms with Gasteiger partial charge < -0.3 is 10.2 Å². The second kappa shape index (κ2) is 9.64. The summed E-state index contributed by atoms with van der Waals surface area (Å²) in [7, 11) is 0. The highest BCUT2D eigenvalue weighted by Crippen LogP contribution is 2.25. The molecule has 0 atom stereocenters. The van der Waals surface area contributed by atoms with Gasteiger partial charge in [0.25, 0.3) is 11.6 Å². The second-order valence-electron chi connectivity index (χ2n) is 6.72. The number of aromatic nitrogens is 3. The van der Waals surface area contributed by atoms with Crippen molar-refractivity contribution in [3.05, 3.63) is 81.9 Å². The van der Waals surface area contributed by atoms with E-state index >= 15 is 0 Å². The van der Waals surface area contributed by atoms with E-state index < -0.39 is 4.92 Å². The lowest BCUT2D eigenvalue weighted by molar-refractivity contribution is -0.384. The third kappa shape index (κ3) is 4.99. The van der Waals surface area contributed by atoms with E-state index in [-0.39, 0.29) is 11.6 Å². The summed E-state index contributed by atoms with van der Waals surface area (Å²) in [6.45, 7) is 6.29. The van der Waals surface area contributed by atoms with Crippen molar-refractivity contribution in [1.29, 1.82) is 0 Å². The van der Waals surface area contributed by atoms with Crippen LogP contribution in [0.2, 0.25) is 0 Å². The number of benzene rings is 2. The molecule has 1 amide bonds. The summed E-state index contributed by atoms with van der Waals surface area (Å²) in [6, 6.07) is 12.2. The predicted molar refractivity (Wildman–Crippen MR) is 113 cm³/mol. The maximum absolute atomic E-state index is 12.8. The van der Waals surface area contributed by atoms with Crippen LogP contribution in [-0.2, 0) is 13.1 Å². The largest absolute Gasteiger partial charge is 0.371 e. The Balaban J connectivity index is 1.72. The van der Waals surface area contributed by atoms with Gasteiger partial charge in [0.05, 0.1) is 17.0 Å². The Hall–Kier alpha value is -3.75. The summed E-state index contributed by atoms with van der Waals surface area (Å²) in [6.07, 6.45) is 3.14. The fourth-order valence-electron chi connectivity index (χ4n) is 3.20. The Kier molecular flexibility index (Phi) is 6.74. The minimum atomic E-state index is -0.489. The Morgan fingerprint density at radius 3 is 2.43 bits per heavy atom. The van der Waals surface area contributed by atoms with Crippen LogP contribution in [-0.4, -0.2) is 38.7 Å². The van der Waals surface area contributed by atoms with Crippen LogP contribution in [0.4, 0.5) is 11.4 Å². The number of nitrogens with one attached hydrogen (secondary N) is 1. The van der Waals surface area contributed by atoms with Gasteiger partial charge >= 0.3 is 0 Å². The van der Waals surface area contributed by atoms with Crippen molar-refractivity contribution in [2.45, 2.75) is 26.9 Å². The van der Waals surface area contributed by atoms with Crippen molar-refractivity contribution in [3.8, 4) is 0 Å². The van der Waals surface area contributed by atoms with Crippen molar-refractivity contribution in [1.82, 2.24) is 20.1 Å². The molecule has 0 spiro atoms. The number of carbonyl (C=O) groups is 1. The molecule has 0 radical (unpaired) electrons. The highest BCUT2D eigenvalue weighted by molar-refractivity contribution is 6.00. The average molecular weight is 408 g/mol. The van der Waals surface area contributed by atoms with Gasteiger partial charge in [-0.15, -0.1) is 0 Å². The maximum Gasteiger partial charge on any atom is 0.270 e. The second-order valence-corrected chi connectivity index (χ2v) is 6.72. The maximum atomic E-state index is 12.8. The first kappa shape index (κ1) is 21.0. The van der Waals surface area contributed by atoms with E-state index in [2.05, 4.69) is 15.4 Å². The van der Waals surface area contributed by atoms with E-state index in [1.54, 1.807) is 17.1 Å². The van der Waals surface area contributed by atoms with Crippen molar-refractivity contribution in [3.63, 3.8) is 0 Å². The summed E-state index contributed by atoms with van der Waals surface area (Å²) < 4.78 is 1.73. The van der Waals surface area contributed by atoms with Crippen LogP contribution in [0.3, 0.4) is 0 Å². The molecule has 2 aromatic carbocycles. The van der Waals surface area contributed by atoms with E-state index in [4.69, 9.17) is 0 Å². The number of hydrogen-bond acceptors (Lipinski definition) is 6. The Labute approximate surface area is 174 Å². The van der Waals surface area contributed by atoms with Crippen molar-refractivity contribution >= 4 is 17.3 Å². The Morgan fingerprint density at radius 1 is 1.13 bits per heavy atom. The number of amides is 1. The summed E-state index contributed by atoms with van der Waals surface area (Å²) in [5, 5.41) is 18.1. The fourth-order valence-corrected chi connectivity index (χ4v) is 3.20. The molecule has 30 heavy (non-hydrogen) atoms. The molecule has 1 aromatic heterocycles. The first-order valence-electron chi connectivity index (χ1n) is 9.73. The number of nitro groups is 1. The van der Waals surface area contributed by atoms with Crippen molar-refractivity contribution in [2.24, 2.45) is 0 Å². The van der Waals surface area contributed by atoms with Gasteiger partial charge in [-0.3, -0.25) is 14.9 Å². The predicted octanol–water partition coefficient (Wildman–Crippen LogP) is 3.01. The Morgan fingerprint density at radius 2 is 1.83 bits per heavy atom. The number of nitro benzene ring substituents is 1. The molecule has 0 saturated carbocycles. The van der Waals surface area contributed by atoms with Crippen LogP contribution in [0.5, 0.6) is 0 Å². The zero-order valence-corrected chi connectivity index (χ0v) is 17.0. The molecule has 0 bridgehead atoms. The van der Waals surface area contributed by atoms with E-state index in [0.29, 0.717) is 37.4 Å². The molecule has 0 aliphatic carbocycles. The third-order valence-corrected chi connectivity index (χ3v) is 4.83. The van der Waals surface area contributed by atoms with E-state index in [0.717, 1.165) is 11.1 Å².